The predicted octanol–water partition coefficient (Wildman–Crippen LogP) is 2.36. The Balaban J connectivity index is 1.84. The number of carbonyl (C=O) groups is 1. The Morgan fingerprint density at radius 1 is 1.40 bits per heavy atom. The predicted molar refractivity (Wildman–Crippen MR) is 79.8 cm³/mol. The van der Waals surface area contributed by atoms with Gasteiger partial charge in [0.05, 0.1) is 13.7 Å². The second kappa shape index (κ2) is 6.75. The summed E-state index contributed by atoms with van der Waals surface area (Å²) in [5.41, 5.74) is 1.16. The van der Waals surface area contributed by atoms with E-state index in [0.29, 0.717) is 12.6 Å². The third-order valence-corrected chi connectivity index (χ3v) is 3.82. The van der Waals surface area contributed by atoms with E-state index in [0.717, 1.165) is 30.7 Å². The number of ether oxygens (including phenoxy) is 1. The van der Waals surface area contributed by atoms with E-state index in [1.807, 2.05) is 36.1 Å². The maximum Gasteiger partial charge on any atom is 0.236 e. The summed E-state index contributed by atoms with van der Waals surface area (Å²) >= 11 is 0. The highest BCUT2D eigenvalue weighted by molar-refractivity contribution is 5.79. The van der Waals surface area contributed by atoms with Crippen molar-refractivity contribution < 1.29 is 9.53 Å². The number of carbonyl (C=O) groups excluding carboxylic acids is 1. The number of hydrogen-bond donors (Lipinski definition) is 1. The lowest BCUT2D eigenvalue weighted by atomic mass is 10.1. The molecule has 110 valence electrons. The Kier molecular flexibility index (Phi) is 5.01. The van der Waals surface area contributed by atoms with Gasteiger partial charge >= 0.3 is 0 Å². The molecule has 0 bridgehead atoms. The molecule has 1 aliphatic rings. The van der Waals surface area contributed by atoms with Crippen LogP contribution >= 0.6 is 0 Å². The van der Waals surface area contributed by atoms with Crippen LogP contribution in [-0.4, -0.2) is 37.0 Å². The van der Waals surface area contributed by atoms with E-state index < -0.39 is 0 Å². The van der Waals surface area contributed by atoms with Gasteiger partial charge in [0.25, 0.3) is 0 Å². The standard InChI is InChI=1S/C16H24N2O2/c1-4-18(14-7-8-14)16(19)11-17-12(2)13-5-9-15(20-3)10-6-13/h5-6,9-10,12,14,17H,4,7-8,11H2,1-3H3/t12-/m0/s1. The molecule has 0 saturated heterocycles. The van der Waals surface area contributed by atoms with E-state index in [1.165, 1.54) is 0 Å². The maximum atomic E-state index is 12.1. The quantitative estimate of drug-likeness (QED) is 0.831. The molecular weight excluding hydrogens is 252 g/mol. The smallest absolute Gasteiger partial charge is 0.236 e. The molecule has 1 fully saturated rings. The van der Waals surface area contributed by atoms with E-state index in [1.54, 1.807) is 7.11 Å². The van der Waals surface area contributed by atoms with Gasteiger partial charge in [-0.2, -0.15) is 0 Å². The molecule has 4 heteroatoms. The third-order valence-electron chi connectivity index (χ3n) is 3.82. The monoisotopic (exact) mass is 276 g/mol. The van der Waals surface area contributed by atoms with Crippen molar-refractivity contribution >= 4 is 5.91 Å². The van der Waals surface area contributed by atoms with Gasteiger partial charge in [-0.05, 0) is 44.4 Å². The summed E-state index contributed by atoms with van der Waals surface area (Å²) in [7, 11) is 1.66. The van der Waals surface area contributed by atoms with E-state index in [2.05, 4.69) is 12.2 Å². The first kappa shape index (κ1) is 14.9. The molecule has 0 spiro atoms. The number of hydrogen-bond acceptors (Lipinski definition) is 3. The van der Waals surface area contributed by atoms with E-state index in [9.17, 15) is 4.79 Å². The SMILES string of the molecule is CCN(C(=O)CN[C@@H](C)c1ccc(OC)cc1)C1CC1. The van der Waals surface area contributed by atoms with Crippen LogP contribution in [0, 0.1) is 0 Å². The normalized spacial score (nSPS) is 15.8. The van der Waals surface area contributed by atoms with Gasteiger partial charge in [0, 0.05) is 18.6 Å². The van der Waals surface area contributed by atoms with Crippen molar-refractivity contribution in [3.05, 3.63) is 29.8 Å². The number of benzene rings is 1. The topological polar surface area (TPSA) is 41.6 Å². The van der Waals surface area contributed by atoms with Gasteiger partial charge < -0.3 is 15.0 Å². The van der Waals surface area contributed by atoms with Crippen LogP contribution in [-0.2, 0) is 4.79 Å². The molecular formula is C16H24N2O2. The molecule has 0 aliphatic heterocycles. The van der Waals surface area contributed by atoms with Crippen LogP contribution in [0.2, 0.25) is 0 Å². The Bertz CT molecular complexity index is 440. The van der Waals surface area contributed by atoms with Crippen LogP contribution in [0.3, 0.4) is 0 Å². The molecule has 0 heterocycles. The first-order valence-corrected chi connectivity index (χ1v) is 7.32. The zero-order valence-electron chi connectivity index (χ0n) is 12.6. The zero-order valence-corrected chi connectivity index (χ0v) is 12.6. The van der Waals surface area contributed by atoms with Crippen LogP contribution in [0.15, 0.2) is 24.3 Å². The Hall–Kier alpha value is -1.55. The average Bonchev–Trinajstić information content (AvgIpc) is 3.30. The lowest BCUT2D eigenvalue weighted by Crippen LogP contribution is -2.40. The van der Waals surface area contributed by atoms with Crippen molar-refractivity contribution in [2.24, 2.45) is 0 Å². The van der Waals surface area contributed by atoms with Crippen LogP contribution in [0.1, 0.15) is 38.3 Å². The van der Waals surface area contributed by atoms with Crippen molar-refractivity contribution in [1.29, 1.82) is 0 Å². The van der Waals surface area contributed by atoms with Gasteiger partial charge in [-0.25, -0.2) is 0 Å². The van der Waals surface area contributed by atoms with Gasteiger partial charge in [0.1, 0.15) is 5.75 Å². The average molecular weight is 276 g/mol. The molecule has 0 radical (unpaired) electrons. The Morgan fingerprint density at radius 3 is 2.55 bits per heavy atom. The van der Waals surface area contributed by atoms with Gasteiger partial charge in [-0.15, -0.1) is 0 Å². The largest absolute Gasteiger partial charge is 0.497 e. The lowest BCUT2D eigenvalue weighted by molar-refractivity contribution is -0.130. The van der Waals surface area contributed by atoms with Crippen molar-refractivity contribution in [2.45, 2.75) is 38.8 Å². The van der Waals surface area contributed by atoms with Gasteiger partial charge in [-0.1, -0.05) is 12.1 Å². The zero-order chi connectivity index (χ0) is 14.5. The van der Waals surface area contributed by atoms with E-state index in [-0.39, 0.29) is 11.9 Å². The summed E-state index contributed by atoms with van der Waals surface area (Å²) in [6.07, 6.45) is 2.32. The third kappa shape index (κ3) is 3.73. The van der Waals surface area contributed by atoms with Crippen molar-refractivity contribution in [3.8, 4) is 5.75 Å². The molecule has 2 rings (SSSR count). The van der Waals surface area contributed by atoms with Crippen LogP contribution in [0.25, 0.3) is 0 Å². The number of likely N-dealkylation sites (N-methyl/N-ethyl adjacent to an activating group) is 1. The minimum absolute atomic E-state index is 0.155. The summed E-state index contributed by atoms with van der Waals surface area (Å²) < 4.78 is 5.15. The fourth-order valence-corrected chi connectivity index (χ4v) is 2.38. The van der Waals surface area contributed by atoms with Crippen LogP contribution < -0.4 is 10.1 Å². The minimum Gasteiger partial charge on any atom is -0.497 e. The highest BCUT2D eigenvalue weighted by Crippen LogP contribution is 2.26. The summed E-state index contributed by atoms with van der Waals surface area (Å²) in [6, 6.07) is 8.59. The molecule has 1 aliphatic carbocycles. The van der Waals surface area contributed by atoms with Crippen LogP contribution in [0.5, 0.6) is 5.75 Å². The molecule has 1 aromatic carbocycles. The number of amides is 1. The summed E-state index contributed by atoms with van der Waals surface area (Å²) in [5.74, 6) is 1.05. The molecule has 1 saturated carbocycles. The molecule has 0 aromatic heterocycles. The number of rotatable bonds is 7. The fourth-order valence-electron chi connectivity index (χ4n) is 2.38. The fraction of sp³-hybridized carbons (Fsp3) is 0.562. The van der Waals surface area contributed by atoms with Crippen molar-refractivity contribution in [3.63, 3.8) is 0 Å². The summed E-state index contributed by atoms with van der Waals surface area (Å²) in [4.78, 5) is 14.1. The second-order valence-electron chi connectivity index (χ2n) is 5.29. The highest BCUT2D eigenvalue weighted by atomic mass is 16.5. The number of nitrogens with one attached hydrogen (secondary N) is 1. The molecule has 0 unspecified atom stereocenters. The molecule has 1 amide bonds. The molecule has 1 atom stereocenters. The second-order valence-corrected chi connectivity index (χ2v) is 5.29. The van der Waals surface area contributed by atoms with E-state index >= 15 is 0 Å². The molecule has 20 heavy (non-hydrogen) atoms. The highest BCUT2D eigenvalue weighted by Gasteiger charge is 2.31. The Morgan fingerprint density at radius 2 is 2.05 bits per heavy atom. The van der Waals surface area contributed by atoms with Gasteiger partial charge in [-0.3, -0.25) is 4.79 Å². The number of methoxy groups -OCH3 is 1. The van der Waals surface area contributed by atoms with Crippen molar-refractivity contribution in [1.82, 2.24) is 10.2 Å². The minimum atomic E-state index is 0.155. The van der Waals surface area contributed by atoms with Crippen molar-refractivity contribution in [2.75, 3.05) is 20.2 Å². The maximum absolute atomic E-state index is 12.1. The Labute approximate surface area is 121 Å². The first-order valence-electron chi connectivity index (χ1n) is 7.32. The summed E-state index contributed by atoms with van der Waals surface area (Å²) in [6.45, 7) is 5.32. The molecule has 1 aromatic rings. The molecule has 4 nitrogen and oxygen atoms in total. The van der Waals surface area contributed by atoms with E-state index in [4.69, 9.17) is 4.74 Å². The summed E-state index contributed by atoms with van der Waals surface area (Å²) in [5, 5.41) is 3.30. The van der Waals surface area contributed by atoms with Gasteiger partial charge in [0.2, 0.25) is 5.91 Å². The number of nitrogens with zero attached hydrogens (tertiary/aromatic N) is 1. The van der Waals surface area contributed by atoms with Crippen LogP contribution in [0.4, 0.5) is 0 Å². The lowest BCUT2D eigenvalue weighted by Gasteiger charge is -2.22. The first-order chi connectivity index (χ1) is 9.65. The van der Waals surface area contributed by atoms with Gasteiger partial charge in [0.15, 0.2) is 0 Å². The molecule has 1 N–H and O–H groups in total.